The van der Waals surface area contributed by atoms with Crippen molar-refractivity contribution in [2.75, 3.05) is 39.0 Å². The van der Waals surface area contributed by atoms with Crippen LogP contribution in [0.3, 0.4) is 0 Å². The van der Waals surface area contributed by atoms with E-state index < -0.39 is 15.8 Å². The number of hydrogen-bond acceptors (Lipinski definition) is 5. The van der Waals surface area contributed by atoms with Crippen LogP contribution in [0.5, 0.6) is 5.75 Å². The minimum Gasteiger partial charge on any atom is -0.496 e. The number of aryl methyl sites for hydroxylation is 1. The maximum atomic E-state index is 13.8. The number of carbonyl (C=O) groups excluding carboxylic acids is 1. The van der Waals surface area contributed by atoms with Crippen LogP contribution >= 0.6 is 0 Å². The smallest absolute Gasteiger partial charge is 0.214 e. The Balaban J connectivity index is 1.46. The van der Waals surface area contributed by atoms with E-state index in [4.69, 9.17) is 4.74 Å². The zero-order valence-electron chi connectivity index (χ0n) is 20.7. The van der Waals surface area contributed by atoms with Crippen molar-refractivity contribution in [3.05, 3.63) is 29.1 Å². The first-order chi connectivity index (χ1) is 16.2. The zero-order valence-corrected chi connectivity index (χ0v) is 21.5. The Morgan fingerprint density at radius 2 is 1.74 bits per heavy atom. The molecule has 0 unspecified atom stereocenters. The van der Waals surface area contributed by atoms with Crippen molar-refractivity contribution in [3.8, 4) is 5.75 Å². The van der Waals surface area contributed by atoms with Crippen molar-refractivity contribution in [2.45, 2.75) is 76.7 Å². The van der Waals surface area contributed by atoms with E-state index in [-0.39, 0.29) is 11.3 Å². The van der Waals surface area contributed by atoms with Gasteiger partial charge in [-0.1, -0.05) is 25.7 Å². The van der Waals surface area contributed by atoms with E-state index in [1.165, 1.54) is 32.1 Å². The van der Waals surface area contributed by atoms with Crippen molar-refractivity contribution in [2.24, 2.45) is 5.92 Å². The summed E-state index contributed by atoms with van der Waals surface area (Å²) < 4.78 is 46.4. The van der Waals surface area contributed by atoms with E-state index in [0.29, 0.717) is 48.1 Å². The highest BCUT2D eigenvalue weighted by Crippen LogP contribution is 2.39. The van der Waals surface area contributed by atoms with Gasteiger partial charge in [-0.15, -0.1) is 0 Å². The molecule has 8 heteroatoms. The molecule has 1 saturated heterocycles. The van der Waals surface area contributed by atoms with Crippen LogP contribution in [-0.4, -0.2) is 68.0 Å². The van der Waals surface area contributed by atoms with Gasteiger partial charge in [0.15, 0.2) is 5.78 Å². The molecule has 3 fully saturated rings. The largest absolute Gasteiger partial charge is 0.496 e. The lowest BCUT2D eigenvalue weighted by Crippen LogP contribution is -2.58. The van der Waals surface area contributed by atoms with E-state index >= 15 is 0 Å². The fourth-order valence-corrected chi connectivity index (χ4v) is 7.80. The Bertz CT molecular complexity index is 977. The number of Topliss-reactive ketones (excluding diaryl/α,β-unsaturated/α-hetero) is 1. The molecule has 0 bridgehead atoms. The minimum absolute atomic E-state index is 0.0105. The second-order valence-electron chi connectivity index (χ2n) is 10.5. The highest BCUT2D eigenvalue weighted by Gasteiger charge is 2.41. The molecular formula is C26H39FN2O4S. The molecule has 0 radical (unpaired) electrons. The van der Waals surface area contributed by atoms with E-state index in [1.807, 2.05) is 0 Å². The molecule has 1 aliphatic heterocycles. The molecule has 0 aromatic heterocycles. The second kappa shape index (κ2) is 10.6. The van der Waals surface area contributed by atoms with Crippen LogP contribution in [0, 0.1) is 18.7 Å². The van der Waals surface area contributed by atoms with E-state index in [2.05, 4.69) is 4.90 Å². The van der Waals surface area contributed by atoms with Crippen LogP contribution in [-0.2, 0) is 10.0 Å². The summed E-state index contributed by atoms with van der Waals surface area (Å²) >= 11 is 0. The van der Waals surface area contributed by atoms with Gasteiger partial charge in [-0.3, -0.25) is 9.69 Å². The van der Waals surface area contributed by atoms with Gasteiger partial charge in [-0.05, 0) is 56.6 Å². The number of hydrogen-bond donors (Lipinski definition) is 0. The van der Waals surface area contributed by atoms with Crippen LogP contribution in [0.2, 0.25) is 0 Å². The predicted octanol–water partition coefficient (Wildman–Crippen LogP) is 4.56. The SMILES string of the molecule is COc1cc(F)cc(C)c1C(=O)CCC1(N2CCN(S(=O)(=O)CC3CC3)CC2)CCCCCC1. The molecule has 4 rings (SSSR count). The average Bonchev–Trinajstić information content (AvgIpc) is 3.64. The van der Waals surface area contributed by atoms with Crippen molar-refractivity contribution in [3.63, 3.8) is 0 Å². The molecule has 190 valence electrons. The first-order valence-corrected chi connectivity index (χ1v) is 14.5. The minimum atomic E-state index is -3.17. The summed E-state index contributed by atoms with van der Waals surface area (Å²) in [6.45, 7) is 4.26. The van der Waals surface area contributed by atoms with Crippen LogP contribution < -0.4 is 4.74 Å². The van der Waals surface area contributed by atoms with Gasteiger partial charge in [0, 0.05) is 44.2 Å². The van der Waals surface area contributed by atoms with Crippen molar-refractivity contribution < 1.29 is 22.3 Å². The first kappa shape index (κ1) is 25.6. The first-order valence-electron chi connectivity index (χ1n) is 12.8. The molecule has 2 saturated carbocycles. The molecule has 1 heterocycles. The number of methoxy groups -OCH3 is 1. The summed E-state index contributed by atoms with van der Waals surface area (Å²) in [5.74, 6) is 0.538. The van der Waals surface area contributed by atoms with Crippen LogP contribution in [0.1, 0.15) is 80.1 Å². The maximum absolute atomic E-state index is 13.8. The third kappa shape index (κ3) is 5.82. The van der Waals surface area contributed by atoms with Gasteiger partial charge in [0.05, 0.1) is 18.4 Å². The Labute approximate surface area is 203 Å². The number of ether oxygens (including phenoxy) is 1. The number of carbonyl (C=O) groups is 1. The fourth-order valence-electron chi connectivity index (χ4n) is 5.94. The van der Waals surface area contributed by atoms with Crippen molar-refractivity contribution in [1.82, 2.24) is 9.21 Å². The molecule has 0 amide bonds. The second-order valence-corrected chi connectivity index (χ2v) is 12.5. The molecule has 1 aromatic rings. The fraction of sp³-hybridized carbons (Fsp3) is 0.731. The van der Waals surface area contributed by atoms with Crippen molar-refractivity contribution in [1.29, 1.82) is 0 Å². The van der Waals surface area contributed by atoms with Gasteiger partial charge >= 0.3 is 0 Å². The highest BCUT2D eigenvalue weighted by molar-refractivity contribution is 7.89. The Kier molecular flexibility index (Phi) is 7.99. The standard InChI is InChI=1S/C26H39FN2O4S/c1-20-17-22(27)18-24(33-2)25(20)23(30)9-12-26(10-5-3-4-6-11-26)28-13-15-29(16-14-28)34(31,32)19-21-7-8-21/h17-18,21H,3-16,19H2,1-2H3. The summed E-state index contributed by atoms with van der Waals surface area (Å²) in [6, 6.07) is 2.67. The third-order valence-electron chi connectivity index (χ3n) is 8.06. The predicted molar refractivity (Wildman–Crippen MR) is 131 cm³/mol. The Morgan fingerprint density at radius 3 is 2.32 bits per heavy atom. The zero-order chi connectivity index (χ0) is 24.3. The van der Waals surface area contributed by atoms with Crippen LogP contribution in [0.25, 0.3) is 0 Å². The molecule has 0 spiro atoms. The van der Waals surface area contributed by atoms with Gasteiger partial charge in [0.2, 0.25) is 10.0 Å². The third-order valence-corrected chi connectivity index (χ3v) is 10.1. The topological polar surface area (TPSA) is 66.9 Å². The van der Waals surface area contributed by atoms with Gasteiger partial charge in [-0.25, -0.2) is 12.8 Å². The molecule has 34 heavy (non-hydrogen) atoms. The van der Waals surface area contributed by atoms with Gasteiger partial charge in [0.25, 0.3) is 0 Å². The summed E-state index contributed by atoms with van der Waals surface area (Å²) in [4.78, 5) is 15.8. The Morgan fingerprint density at radius 1 is 1.09 bits per heavy atom. The highest BCUT2D eigenvalue weighted by atomic mass is 32.2. The number of ketones is 1. The molecular weight excluding hydrogens is 455 g/mol. The lowest BCUT2D eigenvalue weighted by molar-refractivity contribution is 0.0319. The summed E-state index contributed by atoms with van der Waals surface area (Å²) in [5, 5.41) is 0. The molecule has 6 nitrogen and oxygen atoms in total. The van der Waals surface area contributed by atoms with Gasteiger partial charge < -0.3 is 4.74 Å². The number of piperazine rings is 1. The summed E-state index contributed by atoms with van der Waals surface area (Å²) in [5.41, 5.74) is 0.995. The Hall–Kier alpha value is -1.51. The lowest BCUT2D eigenvalue weighted by atomic mass is 9.81. The van der Waals surface area contributed by atoms with Crippen molar-refractivity contribution >= 4 is 15.8 Å². The quantitative estimate of drug-likeness (QED) is 0.372. The molecule has 3 aliphatic rings. The number of sulfonamides is 1. The maximum Gasteiger partial charge on any atom is 0.214 e. The molecule has 2 aliphatic carbocycles. The van der Waals surface area contributed by atoms with Gasteiger partial charge in [0.1, 0.15) is 11.6 Å². The normalized spacial score (nSPS) is 22.3. The average molecular weight is 495 g/mol. The van der Waals surface area contributed by atoms with Crippen LogP contribution in [0.15, 0.2) is 12.1 Å². The summed E-state index contributed by atoms with van der Waals surface area (Å²) in [7, 11) is -1.70. The van der Waals surface area contributed by atoms with E-state index in [1.54, 1.807) is 11.2 Å². The molecule has 0 atom stereocenters. The number of nitrogens with zero attached hydrogens (tertiary/aromatic N) is 2. The lowest BCUT2D eigenvalue weighted by Gasteiger charge is -2.48. The monoisotopic (exact) mass is 494 g/mol. The molecule has 1 aromatic carbocycles. The van der Waals surface area contributed by atoms with E-state index in [0.717, 1.165) is 58.0 Å². The number of halogens is 1. The van der Waals surface area contributed by atoms with Crippen LogP contribution in [0.4, 0.5) is 4.39 Å². The number of benzene rings is 1. The molecule has 0 N–H and O–H groups in total. The summed E-state index contributed by atoms with van der Waals surface area (Å²) in [6.07, 6.45) is 9.93. The van der Waals surface area contributed by atoms with Gasteiger partial charge in [-0.2, -0.15) is 4.31 Å². The van der Waals surface area contributed by atoms with E-state index in [9.17, 15) is 17.6 Å². The number of rotatable bonds is 9.